The van der Waals surface area contributed by atoms with Crippen LogP contribution in [-0.4, -0.2) is 120 Å². The summed E-state index contributed by atoms with van der Waals surface area (Å²) in [5.74, 6) is 0.414. The van der Waals surface area contributed by atoms with Crippen molar-refractivity contribution < 1.29 is 19.1 Å². The summed E-state index contributed by atoms with van der Waals surface area (Å²) in [6, 6.07) is 9.39. The van der Waals surface area contributed by atoms with Gasteiger partial charge in [-0.05, 0) is 103 Å². The molecular formula is C36H55N9O4. The molecule has 3 amide bonds. The third-order valence-corrected chi connectivity index (χ3v) is 10.4. The van der Waals surface area contributed by atoms with Crippen LogP contribution in [0.3, 0.4) is 0 Å². The number of hydrogen-bond acceptors (Lipinski definition) is 10. The van der Waals surface area contributed by atoms with Crippen molar-refractivity contribution in [3.05, 3.63) is 41.7 Å². The van der Waals surface area contributed by atoms with Gasteiger partial charge in [0.15, 0.2) is 11.5 Å². The Balaban J connectivity index is 1.16. The van der Waals surface area contributed by atoms with Gasteiger partial charge in [0.25, 0.3) is 5.91 Å². The first-order valence-electron chi connectivity index (χ1n) is 17.6. The first-order chi connectivity index (χ1) is 23.2. The first kappa shape index (κ1) is 36.3. The number of carbonyl (C=O) groups is 3. The molecule has 1 aromatic carbocycles. The summed E-state index contributed by atoms with van der Waals surface area (Å²) in [5.41, 5.74) is 7.48. The van der Waals surface area contributed by atoms with Crippen molar-refractivity contribution in [1.82, 2.24) is 30.0 Å². The van der Waals surface area contributed by atoms with Crippen molar-refractivity contribution in [3.8, 4) is 0 Å². The molecule has 1 unspecified atom stereocenters. The van der Waals surface area contributed by atoms with Crippen LogP contribution in [0.2, 0.25) is 0 Å². The molecule has 1 atom stereocenters. The van der Waals surface area contributed by atoms with Crippen molar-refractivity contribution in [2.45, 2.75) is 95.4 Å². The van der Waals surface area contributed by atoms with E-state index in [1.165, 1.54) is 5.56 Å². The number of hydrogen-bond donors (Lipinski definition) is 3. The third-order valence-electron chi connectivity index (χ3n) is 10.4. The molecule has 1 aliphatic carbocycles. The van der Waals surface area contributed by atoms with Gasteiger partial charge in [-0.25, -0.2) is 14.8 Å². The quantitative estimate of drug-likeness (QED) is 0.284. The molecule has 0 spiro atoms. The van der Waals surface area contributed by atoms with Gasteiger partial charge in [0.1, 0.15) is 11.4 Å². The van der Waals surface area contributed by atoms with Gasteiger partial charge in [0, 0.05) is 57.0 Å². The largest absolute Gasteiger partial charge is 0.444 e. The molecule has 2 aliphatic heterocycles. The second-order valence-corrected chi connectivity index (χ2v) is 15.4. The van der Waals surface area contributed by atoms with Crippen LogP contribution in [0, 0.1) is 0 Å². The van der Waals surface area contributed by atoms with Gasteiger partial charge in [0.2, 0.25) is 6.41 Å². The second kappa shape index (κ2) is 15.3. The molecule has 268 valence electrons. The Bertz CT molecular complexity index is 1450. The van der Waals surface area contributed by atoms with E-state index in [0.717, 1.165) is 83.3 Å². The maximum Gasteiger partial charge on any atom is 0.407 e. The molecule has 1 aromatic heterocycles. The number of nitrogens with zero attached hydrogens (tertiary/aromatic N) is 6. The summed E-state index contributed by atoms with van der Waals surface area (Å²) in [5, 5.41) is 6.33. The summed E-state index contributed by atoms with van der Waals surface area (Å²) >= 11 is 0. The third kappa shape index (κ3) is 9.39. The molecule has 4 N–H and O–H groups in total. The molecule has 0 radical (unpaired) electrons. The average Bonchev–Trinajstić information content (AvgIpc) is 3.05. The Kier molecular flexibility index (Phi) is 11.3. The number of primary amides is 1. The average molecular weight is 678 g/mol. The van der Waals surface area contributed by atoms with Crippen molar-refractivity contribution in [2.24, 2.45) is 5.73 Å². The molecule has 5 rings (SSSR count). The molecule has 3 aliphatic rings. The van der Waals surface area contributed by atoms with Crippen LogP contribution in [0.15, 0.2) is 30.5 Å². The number of piperidine rings is 2. The Morgan fingerprint density at radius 2 is 1.80 bits per heavy atom. The lowest BCUT2D eigenvalue weighted by atomic mass is 9.73. The normalized spacial score (nSPS) is 22.6. The van der Waals surface area contributed by atoms with E-state index in [-0.39, 0.29) is 23.2 Å². The number of ether oxygens (including phenoxy) is 1. The molecular weight excluding hydrogens is 622 g/mol. The Morgan fingerprint density at radius 1 is 1.10 bits per heavy atom. The van der Waals surface area contributed by atoms with Crippen molar-refractivity contribution in [3.63, 3.8) is 0 Å². The number of anilines is 3. The zero-order valence-corrected chi connectivity index (χ0v) is 30.1. The maximum atomic E-state index is 12.3. The fourth-order valence-electron chi connectivity index (χ4n) is 7.12. The highest BCUT2D eigenvalue weighted by atomic mass is 16.6. The number of aromatic nitrogens is 2. The Hall–Kier alpha value is -3.97. The number of alkyl carbamates (subject to hydrolysis) is 1. The van der Waals surface area contributed by atoms with E-state index in [4.69, 9.17) is 15.5 Å². The number of benzene rings is 1. The van der Waals surface area contributed by atoms with Gasteiger partial charge in [-0.15, -0.1) is 0 Å². The van der Waals surface area contributed by atoms with Crippen molar-refractivity contribution in [1.29, 1.82) is 0 Å². The maximum absolute atomic E-state index is 12.3. The summed E-state index contributed by atoms with van der Waals surface area (Å²) in [7, 11) is 3.88. The standard InChI is InChI=1S/C36H55N9O4/c1-35(2,3)49-34(48)40-27-20-29(21-27)44-16-13-36(4,14-17-44)25-9-11-26(12-10-25)39-33-31(32(37)47)38-22-30(41-33)45-15-7-8-28(23-45)43(6)19-18-42(5)24-46/h9-12,22,24,27-29H,7-8,13-21,23H2,1-6H3,(H2,37,47)(H,39,41)(H,40,48). The molecule has 2 aromatic rings. The van der Waals surface area contributed by atoms with E-state index in [2.05, 4.69) is 56.4 Å². The summed E-state index contributed by atoms with van der Waals surface area (Å²) in [4.78, 5) is 53.4. The lowest BCUT2D eigenvalue weighted by molar-refractivity contribution is -0.117. The fraction of sp³-hybridized carbons (Fsp3) is 0.639. The van der Waals surface area contributed by atoms with Gasteiger partial charge < -0.3 is 35.8 Å². The lowest BCUT2D eigenvalue weighted by Crippen LogP contribution is -2.57. The molecule has 3 heterocycles. The van der Waals surface area contributed by atoms with E-state index in [1.54, 1.807) is 18.1 Å². The minimum Gasteiger partial charge on any atom is -0.444 e. The van der Waals surface area contributed by atoms with Crippen LogP contribution in [0.4, 0.5) is 22.1 Å². The monoisotopic (exact) mass is 677 g/mol. The summed E-state index contributed by atoms with van der Waals surface area (Å²) in [6.07, 6.45) is 8.25. The van der Waals surface area contributed by atoms with Gasteiger partial charge in [-0.2, -0.15) is 0 Å². The lowest BCUT2D eigenvalue weighted by Gasteiger charge is -2.48. The number of carbonyl (C=O) groups excluding carboxylic acids is 3. The minimum absolute atomic E-state index is 0.0612. The number of likely N-dealkylation sites (tertiary alicyclic amines) is 1. The highest BCUT2D eigenvalue weighted by Crippen LogP contribution is 2.39. The van der Waals surface area contributed by atoms with Gasteiger partial charge >= 0.3 is 6.09 Å². The van der Waals surface area contributed by atoms with Crippen molar-refractivity contribution >= 4 is 35.7 Å². The highest BCUT2D eigenvalue weighted by molar-refractivity contribution is 5.96. The topological polar surface area (TPSA) is 149 Å². The fourth-order valence-corrected chi connectivity index (χ4v) is 7.12. The number of rotatable bonds is 12. The SMILES string of the molecule is CN(C=O)CCN(C)C1CCCN(c2cnc(C(N)=O)c(Nc3ccc(C4(C)CCN(C5CC(NC(=O)OC(C)(C)C)C5)CC4)cc3)n2)C1. The molecule has 49 heavy (non-hydrogen) atoms. The number of nitrogens with one attached hydrogen (secondary N) is 2. The minimum atomic E-state index is -0.633. The second-order valence-electron chi connectivity index (χ2n) is 15.4. The smallest absolute Gasteiger partial charge is 0.407 e. The van der Waals surface area contributed by atoms with Crippen LogP contribution in [0.25, 0.3) is 0 Å². The zero-order valence-electron chi connectivity index (χ0n) is 30.1. The van der Waals surface area contributed by atoms with E-state index in [1.807, 2.05) is 32.9 Å². The van der Waals surface area contributed by atoms with Crippen LogP contribution < -0.4 is 21.3 Å². The van der Waals surface area contributed by atoms with Crippen molar-refractivity contribution in [2.75, 3.05) is 63.6 Å². The number of likely N-dealkylation sites (N-methyl/N-ethyl adjacent to an activating group) is 2. The summed E-state index contributed by atoms with van der Waals surface area (Å²) < 4.78 is 5.41. The zero-order chi connectivity index (χ0) is 35.3. The predicted octanol–water partition coefficient (Wildman–Crippen LogP) is 3.72. The molecule has 3 fully saturated rings. The Morgan fingerprint density at radius 3 is 2.43 bits per heavy atom. The van der Waals surface area contributed by atoms with Gasteiger partial charge in [-0.3, -0.25) is 14.5 Å². The van der Waals surface area contributed by atoms with Crippen LogP contribution in [-0.2, 0) is 14.9 Å². The van der Waals surface area contributed by atoms with E-state index >= 15 is 0 Å². The van der Waals surface area contributed by atoms with E-state index in [0.29, 0.717) is 30.3 Å². The Labute approximate surface area is 290 Å². The van der Waals surface area contributed by atoms with Gasteiger partial charge in [0.05, 0.1) is 6.20 Å². The van der Waals surface area contributed by atoms with E-state index in [9.17, 15) is 14.4 Å². The molecule has 13 nitrogen and oxygen atoms in total. The highest BCUT2D eigenvalue weighted by Gasteiger charge is 2.40. The van der Waals surface area contributed by atoms with E-state index < -0.39 is 11.5 Å². The van der Waals surface area contributed by atoms with Crippen LogP contribution >= 0.6 is 0 Å². The first-order valence-corrected chi connectivity index (χ1v) is 17.6. The predicted molar refractivity (Wildman–Crippen MR) is 191 cm³/mol. The van der Waals surface area contributed by atoms with Crippen LogP contribution in [0.5, 0.6) is 0 Å². The number of nitrogens with two attached hydrogens (primary N) is 1. The molecule has 0 bridgehead atoms. The summed E-state index contributed by atoms with van der Waals surface area (Å²) in [6.45, 7) is 13.1. The molecule has 13 heteroatoms. The number of amides is 3. The molecule has 2 saturated heterocycles. The van der Waals surface area contributed by atoms with Crippen LogP contribution in [0.1, 0.15) is 82.3 Å². The molecule has 1 saturated carbocycles. The van der Waals surface area contributed by atoms with Gasteiger partial charge in [-0.1, -0.05) is 19.1 Å².